The van der Waals surface area contributed by atoms with Gasteiger partial charge in [0.05, 0.1) is 36.5 Å². The number of aliphatic hydroxyl groups is 1. The zero-order valence-electron chi connectivity index (χ0n) is 30.8. The number of hydrogen-bond acceptors (Lipinski definition) is 6. The van der Waals surface area contributed by atoms with Crippen LogP contribution in [0.4, 0.5) is 0 Å². The van der Waals surface area contributed by atoms with Gasteiger partial charge in [-0.1, -0.05) is 146 Å². The van der Waals surface area contributed by atoms with Gasteiger partial charge >= 0.3 is 0 Å². The molecule has 2 aliphatic rings. The summed E-state index contributed by atoms with van der Waals surface area (Å²) in [4.78, 5) is 29.8. The summed E-state index contributed by atoms with van der Waals surface area (Å²) in [7, 11) is 0. The summed E-state index contributed by atoms with van der Waals surface area (Å²) < 4.78 is 13.7. The molecule has 8 rings (SSSR count). The Morgan fingerprint density at radius 1 is 0.582 bits per heavy atom. The number of amides is 2. The molecule has 1 fully saturated rings. The highest BCUT2D eigenvalue weighted by atomic mass is 16.7. The van der Waals surface area contributed by atoms with E-state index >= 15 is 0 Å². The van der Waals surface area contributed by atoms with Crippen LogP contribution in [-0.2, 0) is 35.7 Å². The van der Waals surface area contributed by atoms with Gasteiger partial charge in [0, 0.05) is 31.1 Å². The largest absolute Gasteiger partial charge is 0.392 e. The second-order valence-electron chi connectivity index (χ2n) is 14.5. The summed E-state index contributed by atoms with van der Waals surface area (Å²) in [5.41, 5.74) is 9.07. The molecule has 0 unspecified atom stereocenters. The van der Waals surface area contributed by atoms with Crippen LogP contribution in [0.1, 0.15) is 73.4 Å². The predicted octanol–water partition coefficient (Wildman–Crippen LogP) is 9.14. The van der Waals surface area contributed by atoms with Crippen molar-refractivity contribution >= 4 is 11.8 Å². The minimum Gasteiger partial charge on any atom is -0.392 e. The first-order valence-corrected chi connectivity index (χ1v) is 18.9. The second-order valence-corrected chi connectivity index (χ2v) is 14.5. The molecule has 1 N–H and O–H groups in total. The number of ether oxygens (including phenoxy) is 2. The van der Waals surface area contributed by atoms with E-state index in [0.29, 0.717) is 17.7 Å². The molecule has 276 valence electrons. The lowest BCUT2D eigenvalue weighted by atomic mass is 9.89. The molecule has 0 saturated carbocycles. The van der Waals surface area contributed by atoms with Gasteiger partial charge in [0.25, 0.3) is 11.8 Å². The molecule has 7 heteroatoms. The third-order valence-electron chi connectivity index (χ3n) is 10.7. The van der Waals surface area contributed by atoms with Gasteiger partial charge in [-0.15, -0.1) is 0 Å². The molecule has 0 spiro atoms. The summed E-state index contributed by atoms with van der Waals surface area (Å²) in [6.07, 6.45) is -0.981. The van der Waals surface area contributed by atoms with Crippen LogP contribution in [0.3, 0.4) is 0 Å². The van der Waals surface area contributed by atoms with Gasteiger partial charge in [0.15, 0.2) is 6.29 Å². The number of carbonyl (C=O) groups excluding carboxylic acids is 2. The molecular weight excluding hydrogens is 685 g/mol. The lowest BCUT2D eigenvalue weighted by molar-refractivity contribution is -0.276. The highest BCUT2D eigenvalue weighted by Gasteiger charge is 2.39. The monoisotopic (exact) mass is 728 g/mol. The van der Waals surface area contributed by atoms with Crippen LogP contribution in [0.5, 0.6) is 0 Å². The van der Waals surface area contributed by atoms with Crippen LogP contribution in [0.2, 0.25) is 0 Å². The fraction of sp³-hybridized carbons (Fsp3) is 0.208. The van der Waals surface area contributed by atoms with E-state index in [4.69, 9.17) is 9.47 Å². The van der Waals surface area contributed by atoms with E-state index in [2.05, 4.69) is 96.8 Å². The summed E-state index contributed by atoms with van der Waals surface area (Å²) in [5, 5.41) is 9.72. The summed E-state index contributed by atoms with van der Waals surface area (Å²) in [6, 6.07) is 52.3. The first-order valence-electron chi connectivity index (χ1n) is 18.9. The number of rotatable bonds is 12. The molecule has 0 aliphatic carbocycles. The third-order valence-corrected chi connectivity index (χ3v) is 10.7. The molecule has 0 bridgehead atoms. The Morgan fingerprint density at radius 3 is 1.75 bits per heavy atom. The number of nitrogens with zero attached hydrogens (tertiary/aromatic N) is 2. The van der Waals surface area contributed by atoms with Crippen molar-refractivity contribution in [3.05, 3.63) is 202 Å². The van der Waals surface area contributed by atoms with Gasteiger partial charge in [-0.05, 0) is 57.1 Å². The summed E-state index contributed by atoms with van der Waals surface area (Å²) >= 11 is 0. The lowest BCUT2D eigenvalue weighted by Crippen LogP contribution is -2.44. The van der Waals surface area contributed by atoms with Gasteiger partial charge in [-0.2, -0.15) is 0 Å². The highest BCUT2D eigenvalue weighted by molar-refractivity contribution is 6.21. The van der Waals surface area contributed by atoms with Gasteiger partial charge in [-0.25, -0.2) is 0 Å². The van der Waals surface area contributed by atoms with Gasteiger partial charge in [0.1, 0.15) is 0 Å². The fourth-order valence-corrected chi connectivity index (χ4v) is 7.70. The van der Waals surface area contributed by atoms with Gasteiger partial charge in [-0.3, -0.25) is 19.4 Å². The normalized spacial score (nSPS) is 19.5. The first-order chi connectivity index (χ1) is 26.9. The molecule has 4 atom stereocenters. The van der Waals surface area contributed by atoms with Gasteiger partial charge < -0.3 is 14.6 Å². The Kier molecular flexibility index (Phi) is 10.8. The molecule has 2 aliphatic heterocycles. The average Bonchev–Trinajstić information content (AvgIpc) is 3.47. The van der Waals surface area contributed by atoms with Crippen LogP contribution < -0.4 is 0 Å². The number of fused-ring (bicyclic) bond motifs is 1. The van der Waals surface area contributed by atoms with Crippen LogP contribution in [0, 0.1) is 5.92 Å². The maximum absolute atomic E-state index is 13.0. The van der Waals surface area contributed by atoms with Crippen molar-refractivity contribution in [1.82, 2.24) is 9.80 Å². The van der Waals surface area contributed by atoms with Crippen molar-refractivity contribution in [3.8, 4) is 11.1 Å². The molecular formula is C48H44N2O5. The molecule has 6 aromatic rings. The number of benzene rings is 6. The van der Waals surface area contributed by atoms with Crippen molar-refractivity contribution in [2.24, 2.45) is 5.92 Å². The van der Waals surface area contributed by atoms with E-state index in [1.54, 1.807) is 24.3 Å². The van der Waals surface area contributed by atoms with E-state index in [1.807, 2.05) is 48.5 Å². The molecule has 7 nitrogen and oxygen atoms in total. The van der Waals surface area contributed by atoms with Crippen LogP contribution in [-0.4, -0.2) is 39.4 Å². The average molecular weight is 729 g/mol. The summed E-state index contributed by atoms with van der Waals surface area (Å²) in [6.45, 7) is 4.66. The molecule has 0 aromatic heterocycles. The van der Waals surface area contributed by atoms with E-state index in [-0.39, 0.29) is 43.1 Å². The van der Waals surface area contributed by atoms with Crippen LogP contribution in [0.25, 0.3) is 11.1 Å². The van der Waals surface area contributed by atoms with Gasteiger partial charge in [0.2, 0.25) is 0 Å². The fourth-order valence-electron chi connectivity index (χ4n) is 7.70. The Balaban J connectivity index is 1.04. The van der Waals surface area contributed by atoms with E-state index in [9.17, 15) is 14.7 Å². The smallest absolute Gasteiger partial charge is 0.261 e. The molecule has 0 radical (unpaired) electrons. The van der Waals surface area contributed by atoms with E-state index in [0.717, 1.165) is 46.5 Å². The number of aliphatic hydroxyl groups excluding tert-OH is 1. The zero-order valence-corrected chi connectivity index (χ0v) is 30.8. The quantitative estimate of drug-likeness (QED) is 0.127. The second kappa shape index (κ2) is 16.3. The summed E-state index contributed by atoms with van der Waals surface area (Å²) in [5.74, 6) is -0.489. The van der Waals surface area contributed by atoms with Crippen molar-refractivity contribution in [2.75, 3.05) is 6.54 Å². The first kappa shape index (κ1) is 36.3. The minimum absolute atomic E-state index is 0.0122. The Morgan fingerprint density at radius 2 is 1.15 bits per heavy atom. The predicted molar refractivity (Wildman–Crippen MR) is 212 cm³/mol. The Labute approximate surface area is 322 Å². The van der Waals surface area contributed by atoms with E-state index in [1.165, 1.54) is 16.0 Å². The number of imide groups is 1. The highest BCUT2D eigenvalue weighted by Crippen LogP contribution is 2.42. The van der Waals surface area contributed by atoms with E-state index < -0.39 is 6.29 Å². The topological polar surface area (TPSA) is 79.3 Å². The Bertz CT molecular complexity index is 2160. The molecule has 2 heterocycles. The molecule has 2 amide bonds. The van der Waals surface area contributed by atoms with Crippen molar-refractivity contribution < 1.29 is 24.2 Å². The lowest BCUT2D eigenvalue weighted by Gasteiger charge is -2.43. The molecule has 55 heavy (non-hydrogen) atoms. The zero-order chi connectivity index (χ0) is 37.7. The van der Waals surface area contributed by atoms with Crippen molar-refractivity contribution in [1.29, 1.82) is 0 Å². The van der Waals surface area contributed by atoms with Crippen LogP contribution in [0.15, 0.2) is 158 Å². The Hall–Kier alpha value is -5.70. The molecule has 6 aromatic carbocycles. The molecule has 1 saturated heterocycles. The standard InChI is InChI=1S/C48H44N2O5/c1-33-44(31-49(28-34-11-4-2-5-12-34)29-35-13-6-3-7-14-35)54-48(55-45(33)39-21-19-36(32-51)20-22-39)40-25-23-38(24-26-40)41-16-10-15-37(27-41)30-50-46(52)42-17-8-9-18-43(42)47(50)53/h2-27,33,44-45,48,51H,28-32H2,1H3/t33-,44+,45+,48+/m1/s1. The third kappa shape index (κ3) is 8.07. The maximum atomic E-state index is 13.0. The minimum atomic E-state index is -0.603. The SMILES string of the molecule is C[C@@H]1[C@H](CN(Cc2ccccc2)Cc2ccccc2)O[C@H](c2ccc(-c3cccc(CN4C(=O)c5ccccc5C4=O)c3)cc2)O[C@@H]1c1ccc(CO)cc1. The van der Waals surface area contributed by atoms with Crippen LogP contribution >= 0.6 is 0 Å². The maximum Gasteiger partial charge on any atom is 0.261 e. The number of hydrogen-bond donors (Lipinski definition) is 1. The number of carbonyl (C=O) groups is 2. The van der Waals surface area contributed by atoms with Crippen molar-refractivity contribution in [2.45, 2.75) is 51.7 Å². The van der Waals surface area contributed by atoms with Crippen molar-refractivity contribution in [3.63, 3.8) is 0 Å².